The summed E-state index contributed by atoms with van der Waals surface area (Å²) in [5.41, 5.74) is 7.80. The predicted octanol–water partition coefficient (Wildman–Crippen LogP) is 1.98. The molecule has 1 aliphatic carbocycles. The molecule has 22 heavy (non-hydrogen) atoms. The van der Waals surface area contributed by atoms with Crippen LogP contribution in [0.2, 0.25) is 0 Å². The molecule has 0 saturated carbocycles. The number of hydrogen-bond acceptors (Lipinski definition) is 6. The quantitative estimate of drug-likeness (QED) is 0.509. The van der Waals surface area contributed by atoms with E-state index in [2.05, 4.69) is 6.07 Å². The Balaban J connectivity index is 2.89. The molecule has 0 atom stereocenters. The van der Waals surface area contributed by atoms with Crippen molar-refractivity contribution in [1.29, 1.82) is 5.26 Å². The smallest absolute Gasteiger partial charge is 0.340 e. The second-order valence-corrected chi connectivity index (χ2v) is 5.15. The molecule has 6 heteroatoms. The van der Waals surface area contributed by atoms with Crippen LogP contribution in [0.25, 0.3) is 0 Å². The topological polar surface area (TPSA) is 102 Å². The van der Waals surface area contributed by atoms with Crippen molar-refractivity contribution in [2.45, 2.75) is 32.1 Å². The van der Waals surface area contributed by atoms with Crippen LogP contribution in [0.3, 0.4) is 0 Å². The van der Waals surface area contributed by atoms with Crippen LogP contribution < -0.4 is 5.73 Å². The van der Waals surface area contributed by atoms with Crippen LogP contribution in [-0.2, 0) is 22.3 Å². The number of anilines is 1. The minimum absolute atomic E-state index is 0.00426. The highest BCUT2D eigenvalue weighted by molar-refractivity contribution is 6.09. The third-order valence-corrected chi connectivity index (χ3v) is 4.00. The van der Waals surface area contributed by atoms with E-state index in [1.54, 1.807) is 0 Å². The summed E-state index contributed by atoms with van der Waals surface area (Å²) in [7, 11) is 2.46. The van der Waals surface area contributed by atoms with Crippen LogP contribution in [0, 0.1) is 11.3 Å². The molecule has 0 saturated heterocycles. The van der Waals surface area contributed by atoms with E-state index in [1.807, 2.05) is 0 Å². The lowest BCUT2D eigenvalue weighted by atomic mass is 9.87. The van der Waals surface area contributed by atoms with Crippen molar-refractivity contribution in [3.05, 3.63) is 27.8 Å². The lowest BCUT2D eigenvalue weighted by molar-refractivity contribution is 0.0555. The Bertz CT molecular complexity index is 674. The van der Waals surface area contributed by atoms with Crippen molar-refractivity contribution in [2.24, 2.45) is 0 Å². The molecule has 0 aliphatic heterocycles. The van der Waals surface area contributed by atoms with Crippen molar-refractivity contribution >= 4 is 17.6 Å². The molecule has 2 N–H and O–H groups in total. The number of nitrogens with two attached hydrogens (primary N) is 1. The summed E-state index contributed by atoms with van der Waals surface area (Å²) in [5.74, 6) is -1.36. The first-order valence-corrected chi connectivity index (χ1v) is 7.10. The Hall–Kier alpha value is -2.55. The maximum atomic E-state index is 12.2. The maximum absolute atomic E-state index is 12.2. The number of benzene rings is 1. The Morgan fingerprint density at radius 1 is 1.00 bits per heavy atom. The van der Waals surface area contributed by atoms with Gasteiger partial charge in [0.05, 0.1) is 36.6 Å². The largest absolute Gasteiger partial charge is 0.465 e. The van der Waals surface area contributed by atoms with Gasteiger partial charge >= 0.3 is 11.9 Å². The first kappa shape index (κ1) is 15.8. The van der Waals surface area contributed by atoms with Gasteiger partial charge in [-0.25, -0.2) is 9.59 Å². The minimum Gasteiger partial charge on any atom is -0.465 e. The number of methoxy groups -OCH3 is 2. The molecule has 0 unspecified atom stereocenters. The molecule has 0 fully saturated rings. The summed E-state index contributed by atoms with van der Waals surface area (Å²) in [6, 6.07) is 2.07. The van der Waals surface area contributed by atoms with Gasteiger partial charge in [0.25, 0.3) is 0 Å². The number of fused-ring (bicyclic) bond motifs is 1. The number of rotatable bonds is 2. The van der Waals surface area contributed by atoms with E-state index in [4.69, 9.17) is 15.2 Å². The van der Waals surface area contributed by atoms with Gasteiger partial charge in [0, 0.05) is 0 Å². The fourth-order valence-corrected chi connectivity index (χ4v) is 2.98. The van der Waals surface area contributed by atoms with Gasteiger partial charge in [-0.2, -0.15) is 5.26 Å². The van der Waals surface area contributed by atoms with Gasteiger partial charge in [-0.1, -0.05) is 6.42 Å². The zero-order valence-electron chi connectivity index (χ0n) is 12.7. The molecular formula is C16H18N2O4. The van der Waals surface area contributed by atoms with E-state index in [0.717, 1.165) is 24.8 Å². The fourth-order valence-electron chi connectivity index (χ4n) is 2.98. The average Bonchev–Trinajstić information content (AvgIpc) is 2.78. The van der Waals surface area contributed by atoms with Gasteiger partial charge in [-0.15, -0.1) is 0 Å². The van der Waals surface area contributed by atoms with Crippen LogP contribution in [0.1, 0.15) is 56.7 Å². The standard InChI is InChI=1S/C16H18N2O4/c1-21-15(19)12-10-7-5-3-4-6-9(10)11(8-17)14(18)13(12)16(20)22-2/h3-7,18H2,1-2H3. The molecule has 0 heterocycles. The van der Waals surface area contributed by atoms with Gasteiger partial charge in [0.15, 0.2) is 0 Å². The van der Waals surface area contributed by atoms with Crippen LogP contribution in [0.5, 0.6) is 0 Å². The molecule has 0 bridgehead atoms. The number of carbonyl (C=O) groups excluding carboxylic acids is 2. The molecule has 1 aromatic rings. The maximum Gasteiger partial charge on any atom is 0.340 e. The molecule has 0 spiro atoms. The number of carbonyl (C=O) groups is 2. The van der Waals surface area contributed by atoms with Crippen molar-refractivity contribution < 1.29 is 19.1 Å². The first-order valence-electron chi connectivity index (χ1n) is 7.10. The normalized spacial score (nSPS) is 13.5. The van der Waals surface area contributed by atoms with Gasteiger partial charge in [0.1, 0.15) is 6.07 Å². The Morgan fingerprint density at radius 3 is 2.09 bits per heavy atom. The summed E-state index contributed by atoms with van der Waals surface area (Å²) < 4.78 is 9.56. The fraction of sp³-hybridized carbons (Fsp3) is 0.438. The van der Waals surface area contributed by atoms with E-state index in [9.17, 15) is 14.9 Å². The highest BCUT2D eigenvalue weighted by Crippen LogP contribution is 2.35. The number of hydrogen-bond donors (Lipinski definition) is 1. The molecule has 6 nitrogen and oxygen atoms in total. The van der Waals surface area contributed by atoms with Gasteiger partial charge in [0.2, 0.25) is 0 Å². The zero-order valence-corrected chi connectivity index (χ0v) is 12.7. The number of nitriles is 1. The molecule has 1 aromatic carbocycles. The van der Waals surface area contributed by atoms with E-state index in [0.29, 0.717) is 18.4 Å². The Labute approximate surface area is 128 Å². The van der Waals surface area contributed by atoms with Gasteiger partial charge < -0.3 is 15.2 Å². The highest BCUT2D eigenvalue weighted by Gasteiger charge is 2.31. The van der Waals surface area contributed by atoms with Crippen LogP contribution in [0.15, 0.2) is 0 Å². The number of nitrogens with zero attached hydrogens (tertiary/aromatic N) is 1. The summed E-state index contributed by atoms with van der Waals surface area (Å²) >= 11 is 0. The Morgan fingerprint density at radius 2 is 1.55 bits per heavy atom. The van der Waals surface area contributed by atoms with Crippen molar-refractivity contribution in [2.75, 3.05) is 20.0 Å². The van der Waals surface area contributed by atoms with Crippen molar-refractivity contribution in [3.63, 3.8) is 0 Å². The molecular weight excluding hydrogens is 284 g/mol. The van der Waals surface area contributed by atoms with Gasteiger partial charge in [-0.05, 0) is 36.8 Å². The van der Waals surface area contributed by atoms with Gasteiger partial charge in [-0.3, -0.25) is 0 Å². The van der Waals surface area contributed by atoms with Crippen LogP contribution in [-0.4, -0.2) is 26.2 Å². The van der Waals surface area contributed by atoms with Crippen molar-refractivity contribution in [3.8, 4) is 6.07 Å². The number of nitrogen functional groups attached to an aromatic ring is 1. The summed E-state index contributed by atoms with van der Waals surface area (Å²) in [6.07, 6.45) is 4.06. The van der Waals surface area contributed by atoms with E-state index < -0.39 is 11.9 Å². The molecule has 0 amide bonds. The predicted molar refractivity (Wildman–Crippen MR) is 79.5 cm³/mol. The van der Waals surface area contributed by atoms with E-state index in [-0.39, 0.29) is 22.4 Å². The highest BCUT2D eigenvalue weighted by atomic mass is 16.5. The van der Waals surface area contributed by atoms with Crippen molar-refractivity contribution in [1.82, 2.24) is 0 Å². The summed E-state index contributed by atoms with van der Waals surface area (Å²) in [5, 5.41) is 9.43. The first-order chi connectivity index (χ1) is 10.6. The second kappa shape index (κ2) is 6.48. The summed E-state index contributed by atoms with van der Waals surface area (Å²) in [6.45, 7) is 0. The summed E-state index contributed by atoms with van der Waals surface area (Å²) in [4.78, 5) is 24.3. The second-order valence-electron chi connectivity index (χ2n) is 5.15. The lowest BCUT2D eigenvalue weighted by Crippen LogP contribution is -2.20. The zero-order chi connectivity index (χ0) is 16.3. The molecule has 1 aliphatic rings. The molecule has 2 rings (SSSR count). The molecule has 116 valence electrons. The SMILES string of the molecule is COC(=O)c1c(N)c(C#N)c2c(c1C(=O)OC)CCCCC2. The van der Waals surface area contributed by atoms with Crippen LogP contribution in [0.4, 0.5) is 5.69 Å². The monoisotopic (exact) mass is 302 g/mol. The average molecular weight is 302 g/mol. The third kappa shape index (κ3) is 2.50. The lowest BCUT2D eigenvalue weighted by Gasteiger charge is -2.19. The van der Waals surface area contributed by atoms with E-state index >= 15 is 0 Å². The number of esters is 2. The minimum atomic E-state index is -0.735. The third-order valence-electron chi connectivity index (χ3n) is 4.00. The molecule has 0 aromatic heterocycles. The molecule has 0 radical (unpaired) electrons. The van der Waals surface area contributed by atoms with Crippen LogP contribution >= 0.6 is 0 Å². The number of ether oxygens (including phenoxy) is 2. The Kier molecular flexibility index (Phi) is 4.66. The van der Waals surface area contributed by atoms with E-state index in [1.165, 1.54) is 14.2 Å².